The van der Waals surface area contributed by atoms with E-state index in [0.29, 0.717) is 11.3 Å². The minimum Gasteiger partial charge on any atom is -0.310 e. The van der Waals surface area contributed by atoms with E-state index >= 15 is 0 Å². The molecule has 0 saturated heterocycles. The van der Waals surface area contributed by atoms with Crippen LogP contribution in [0.4, 0.5) is 34.1 Å². The Labute approximate surface area is 519 Å². The van der Waals surface area contributed by atoms with Crippen LogP contribution in [0.2, 0.25) is 0 Å². The SMILES string of the molecule is [2H]C([2H])([2H])C(c1cc2c(cc1-c1ccccc1)B1c3cc(-c4ccccc4)ccc3N(c3c(-c4ccccc4)cc(C(C)(C)C)cc3-c3ccccc3)c3cc(C(C)(C)C)cc(c31)N2c1c(-c2ccccc2)cc(C(C)(C)C)cc1-c1ccccc1)(C([2H])([2H])[2H])C([2H])([2H])[2H]. The molecule has 0 aromatic heterocycles. The Hall–Kier alpha value is -8.92. The second-order valence-electron chi connectivity index (χ2n) is 26.3. The minimum atomic E-state index is -3.61. The van der Waals surface area contributed by atoms with Crippen LogP contribution in [0.3, 0.4) is 0 Å². The monoisotopic (exact) mass is 1110 g/mol. The number of rotatable bonds is 8. The molecule has 0 saturated carbocycles. The zero-order valence-electron chi connectivity index (χ0n) is 59.1. The summed E-state index contributed by atoms with van der Waals surface area (Å²) in [5, 5.41) is 0. The van der Waals surface area contributed by atoms with Crippen LogP contribution in [0.15, 0.2) is 249 Å². The first-order valence-electron chi connectivity index (χ1n) is 34.3. The highest BCUT2D eigenvalue weighted by Crippen LogP contribution is 2.56. The maximum Gasteiger partial charge on any atom is 0.252 e. The maximum absolute atomic E-state index is 9.51. The Kier molecular flexibility index (Phi) is 11.2. The van der Waals surface area contributed by atoms with Crippen molar-refractivity contribution in [2.75, 3.05) is 9.80 Å². The summed E-state index contributed by atoms with van der Waals surface area (Å²) in [6, 6.07) is 85.7. The lowest BCUT2D eigenvalue weighted by Crippen LogP contribution is -2.61. The molecule has 0 fully saturated rings. The molecule has 2 heterocycles. The van der Waals surface area contributed by atoms with Gasteiger partial charge in [-0.2, -0.15) is 0 Å². The van der Waals surface area contributed by atoms with Crippen molar-refractivity contribution in [2.24, 2.45) is 0 Å². The van der Waals surface area contributed by atoms with Gasteiger partial charge in [0.2, 0.25) is 0 Å². The summed E-state index contributed by atoms with van der Waals surface area (Å²) in [5.74, 6) is 0. The Bertz CT molecular complexity index is 4500. The molecule has 85 heavy (non-hydrogen) atoms. The number of hydrogen-bond donors (Lipinski definition) is 0. The average Bonchev–Trinajstić information content (AvgIpc) is 0.681. The van der Waals surface area contributed by atoms with Gasteiger partial charge in [-0.15, -0.1) is 0 Å². The van der Waals surface area contributed by atoms with Crippen LogP contribution in [0.5, 0.6) is 0 Å². The highest BCUT2D eigenvalue weighted by atomic mass is 15.2. The largest absolute Gasteiger partial charge is 0.310 e. The van der Waals surface area contributed by atoms with Crippen LogP contribution >= 0.6 is 0 Å². The first-order chi connectivity index (χ1) is 44.5. The molecular formula is C82H77BN2. The molecule has 0 bridgehead atoms. The molecule has 0 aliphatic carbocycles. The quantitative estimate of drug-likeness (QED) is 0.140. The number of hydrogen-bond acceptors (Lipinski definition) is 2. The molecule has 13 rings (SSSR count). The smallest absolute Gasteiger partial charge is 0.252 e. The van der Waals surface area contributed by atoms with Gasteiger partial charge in [0, 0.05) is 57.3 Å². The van der Waals surface area contributed by atoms with Gasteiger partial charge in [-0.25, -0.2) is 0 Å². The molecule has 418 valence electrons. The number of benzene rings is 11. The summed E-state index contributed by atoms with van der Waals surface area (Å²) in [7, 11) is 0. The van der Waals surface area contributed by atoms with E-state index in [1.165, 1.54) is 5.56 Å². The standard InChI is InChI=1S/C82H77BN2/c1-79(2,3)61-46-65(56-35-23-15-24-36-56)77(66(47-61)57-37-25-16-26-38-57)84-72-44-43-60(54-31-19-13-20-32-54)45-70(72)83-71-52-64(55-33-21-14-22-34-55)69(82(10,11)12)53-73(71)85(75-51-63(81(7,8)9)50-74(84)76(75)83)78-67(58-39-27-17-28-40-58)48-62(80(4,5)6)49-68(78)59-41-29-18-30-42-59/h13-53H,1-12H3/i10D3,11D3,12D3. The summed E-state index contributed by atoms with van der Waals surface area (Å²) in [5.41, 5.74) is 16.1. The van der Waals surface area contributed by atoms with Crippen molar-refractivity contribution in [1.29, 1.82) is 0 Å². The third-order valence-electron chi connectivity index (χ3n) is 17.4. The third kappa shape index (κ3) is 10.0. The second kappa shape index (κ2) is 21.0. The van der Waals surface area contributed by atoms with Gasteiger partial charge >= 0.3 is 0 Å². The van der Waals surface area contributed by atoms with E-state index in [2.05, 4.69) is 224 Å². The highest BCUT2D eigenvalue weighted by molar-refractivity contribution is 7.00. The Balaban J connectivity index is 1.32. The van der Waals surface area contributed by atoms with Gasteiger partial charge in [-0.1, -0.05) is 283 Å². The number of anilines is 6. The fourth-order valence-corrected chi connectivity index (χ4v) is 12.9. The van der Waals surface area contributed by atoms with E-state index in [1.54, 1.807) is 6.07 Å². The molecule has 0 amide bonds. The summed E-state index contributed by atoms with van der Waals surface area (Å²) >= 11 is 0. The molecule has 0 N–H and O–H groups in total. The second-order valence-corrected chi connectivity index (χ2v) is 26.3. The molecule has 2 nitrogen and oxygen atoms in total. The van der Waals surface area contributed by atoms with Crippen molar-refractivity contribution >= 4 is 57.2 Å². The molecule has 2 aliphatic heterocycles. The topological polar surface area (TPSA) is 6.48 Å². The van der Waals surface area contributed by atoms with Gasteiger partial charge in [-0.3, -0.25) is 0 Å². The van der Waals surface area contributed by atoms with Gasteiger partial charge < -0.3 is 9.80 Å². The van der Waals surface area contributed by atoms with Gasteiger partial charge in [0.15, 0.2) is 0 Å². The lowest BCUT2D eigenvalue weighted by atomic mass is 9.33. The van der Waals surface area contributed by atoms with Crippen molar-refractivity contribution < 1.29 is 12.3 Å². The molecule has 3 heteroatoms. The minimum absolute atomic E-state index is 0.201. The van der Waals surface area contributed by atoms with Gasteiger partial charge in [-0.05, 0) is 153 Å². The van der Waals surface area contributed by atoms with Crippen LogP contribution in [0.25, 0.3) is 66.8 Å². The van der Waals surface area contributed by atoms with Crippen LogP contribution in [-0.2, 0) is 21.7 Å². The van der Waals surface area contributed by atoms with Crippen molar-refractivity contribution in [3.63, 3.8) is 0 Å². The summed E-state index contributed by atoms with van der Waals surface area (Å²) in [6.45, 7) is 8.62. The molecule has 0 unspecified atom stereocenters. The fourth-order valence-electron chi connectivity index (χ4n) is 12.9. The zero-order valence-corrected chi connectivity index (χ0v) is 50.1. The Morgan fingerprint density at radius 3 is 0.976 bits per heavy atom. The Morgan fingerprint density at radius 1 is 0.282 bits per heavy atom. The molecule has 0 radical (unpaired) electrons. The molecule has 2 aliphatic rings. The van der Waals surface area contributed by atoms with Gasteiger partial charge in [0.1, 0.15) is 0 Å². The normalized spacial score (nSPS) is 15.1. The first-order valence-corrected chi connectivity index (χ1v) is 29.8. The first kappa shape index (κ1) is 45.5. The summed E-state index contributed by atoms with van der Waals surface area (Å²) in [4.78, 5) is 4.75. The van der Waals surface area contributed by atoms with Crippen molar-refractivity contribution in [2.45, 2.75) is 105 Å². The molecule has 0 atom stereocenters. The van der Waals surface area contributed by atoms with E-state index < -0.39 is 38.1 Å². The lowest BCUT2D eigenvalue weighted by molar-refractivity contribution is 0.590. The van der Waals surface area contributed by atoms with Gasteiger partial charge in [0.05, 0.1) is 11.4 Å². The van der Waals surface area contributed by atoms with Crippen LogP contribution < -0.4 is 26.2 Å². The Morgan fingerprint density at radius 2 is 0.612 bits per heavy atom. The van der Waals surface area contributed by atoms with E-state index in [1.807, 2.05) is 91.0 Å². The van der Waals surface area contributed by atoms with E-state index in [4.69, 9.17) is 0 Å². The molecule has 0 spiro atoms. The van der Waals surface area contributed by atoms with Crippen LogP contribution in [0.1, 0.15) is 117 Å². The number of nitrogens with zero attached hydrogens (tertiary/aromatic N) is 2. The van der Waals surface area contributed by atoms with Crippen molar-refractivity contribution in [1.82, 2.24) is 0 Å². The third-order valence-corrected chi connectivity index (χ3v) is 17.4. The highest BCUT2D eigenvalue weighted by Gasteiger charge is 2.47. The van der Waals surface area contributed by atoms with Crippen molar-refractivity contribution in [3.8, 4) is 66.8 Å². The fraction of sp³-hybridized carbons (Fsp3) is 0.195. The molecular weight excluding hydrogens is 1020 g/mol. The predicted octanol–water partition coefficient (Wildman–Crippen LogP) is 21.0. The average molecular weight is 1110 g/mol. The van der Waals surface area contributed by atoms with Crippen molar-refractivity contribution in [3.05, 3.63) is 271 Å². The zero-order chi connectivity index (χ0) is 66.7. The number of fused-ring (bicyclic) bond motifs is 4. The summed E-state index contributed by atoms with van der Waals surface area (Å²) < 4.78 is 85.6. The van der Waals surface area contributed by atoms with Crippen LogP contribution in [0, 0.1) is 0 Å². The molecule has 11 aromatic carbocycles. The van der Waals surface area contributed by atoms with Crippen LogP contribution in [-0.4, -0.2) is 6.71 Å². The molecule has 11 aromatic rings. The lowest BCUT2D eigenvalue weighted by Gasteiger charge is -2.47. The van der Waals surface area contributed by atoms with E-state index in [0.717, 1.165) is 112 Å². The predicted molar refractivity (Wildman–Crippen MR) is 368 cm³/mol. The van der Waals surface area contributed by atoms with Gasteiger partial charge in [0.25, 0.3) is 6.71 Å². The van der Waals surface area contributed by atoms with E-state index in [9.17, 15) is 12.3 Å². The van der Waals surface area contributed by atoms with E-state index in [-0.39, 0.29) is 22.0 Å². The maximum atomic E-state index is 9.51. The summed E-state index contributed by atoms with van der Waals surface area (Å²) in [6.07, 6.45) is 0.